The largest absolute Gasteiger partial charge is 0.478 e. The fourth-order valence-electron chi connectivity index (χ4n) is 2.65. The van der Waals surface area contributed by atoms with Gasteiger partial charge in [0.2, 0.25) is 0 Å². The number of carboxylic acids is 1. The Hall–Kier alpha value is -1.62. The zero-order valence-electron chi connectivity index (χ0n) is 12.2. The molecule has 0 radical (unpaired) electrons. The number of anilines is 1. The molecule has 1 aromatic rings. The van der Waals surface area contributed by atoms with Crippen LogP contribution in [0.15, 0.2) is 12.1 Å². The van der Waals surface area contributed by atoms with Gasteiger partial charge in [0.05, 0.1) is 0 Å². The molecule has 1 fully saturated rings. The van der Waals surface area contributed by atoms with Crippen LogP contribution in [-0.2, 0) is 0 Å². The molecule has 1 saturated heterocycles. The summed E-state index contributed by atoms with van der Waals surface area (Å²) in [6, 6.07) is 3.52. The van der Waals surface area contributed by atoms with Crippen LogP contribution in [-0.4, -0.2) is 46.6 Å². The van der Waals surface area contributed by atoms with E-state index in [-0.39, 0.29) is 11.6 Å². The molecule has 1 aliphatic heterocycles. The van der Waals surface area contributed by atoms with Crippen LogP contribution in [0.4, 0.5) is 5.82 Å². The van der Waals surface area contributed by atoms with E-state index in [1.165, 1.54) is 19.3 Å². The molecule has 1 atom stereocenters. The highest BCUT2D eigenvalue weighted by molar-refractivity contribution is 5.93. The van der Waals surface area contributed by atoms with Gasteiger partial charge >= 0.3 is 5.97 Å². The molecule has 2 rings (SSSR count). The van der Waals surface area contributed by atoms with Gasteiger partial charge in [-0.1, -0.05) is 6.42 Å². The van der Waals surface area contributed by atoms with Gasteiger partial charge < -0.3 is 15.3 Å². The first kappa shape index (κ1) is 14.8. The molecule has 0 aliphatic carbocycles. The van der Waals surface area contributed by atoms with Crippen molar-refractivity contribution in [3.05, 3.63) is 23.4 Å². The lowest BCUT2D eigenvalue weighted by molar-refractivity contribution is 0.0697. The van der Waals surface area contributed by atoms with Crippen molar-refractivity contribution in [2.45, 2.75) is 39.2 Å². The molecule has 0 aromatic carbocycles. The van der Waals surface area contributed by atoms with Crippen LogP contribution in [0.3, 0.4) is 0 Å². The number of carboxylic acid groups (broad SMARTS) is 1. The monoisotopic (exact) mass is 277 g/mol. The average molecular weight is 277 g/mol. The highest BCUT2D eigenvalue weighted by Crippen LogP contribution is 2.16. The van der Waals surface area contributed by atoms with E-state index < -0.39 is 5.97 Å². The lowest BCUT2D eigenvalue weighted by Crippen LogP contribution is -2.38. The van der Waals surface area contributed by atoms with Gasteiger partial charge in [-0.3, -0.25) is 0 Å². The molecule has 5 nitrogen and oxygen atoms in total. The molecule has 0 amide bonds. The van der Waals surface area contributed by atoms with Gasteiger partial charge in [-0.05, 0) is 51.9 Å². The van der Waals surface area contributed by atoms with E-state index in [4.69, 9.17) is 0 Å². The van der Waals surface area contributed by atoms with Gasteiger partial charge in [-0.2, -0.15) is 0 Å². The van der Waals surface area contributed by atoms with Crippen LogP contribution in [0, 0.1) is 6.92 Å². The second-order valence-electron chi connectivity index (χ2n) is 5.56. The lowest BCUT2D eigenvalue weighted by atomic mass is 10.1. The number of nitrogens with zero attached hydrogens (tertiary/aromatic N) is 2. The van der Waals surface area contributed by atoms with Gasteiger partial charge in [0, 0.05) is 18.3 Å². The Morgan fingerprint density at radius 1 is 1.40 bits per heavy atom. The van der Waals surface area contributed by atoms with E-state index in [0.29, 0.717) is 5.82 Å². The Balaban J connectivity index is 2.00. The Kier molecular flexibility index (Phi) is 4.95. The Labute approximate surface area is 120 Å². The number of hydrogen-bond acceptors (Lipinski definition) is 4. The summed E-state index contributed by atoms with van der Waals surface area (Å²) < 4.78 is 0. The minimum absolute atomic E-state index is 0.181. The maximum Gasteiger partial charge on any atom is 0.339 e. The summed E-state index contributed by atoms with van der Waals surface area (Å²) in [6.07, 6.45) is 3.84. The normalized spacial score (nSPS) is 17.7. The number of hydrogen-bond donors (Lipinski definition) is 2. The molecular formula is C15H23N3O2. The predicted molar refractivity (Wildman–Crippen MR) is 79.3 cm³/mol. The molecule has 0 bridgehead atoms. The number of aromatic nitrogens is 1. The van der Waals surface area contributed by atoms with Gasteiger partial charge in [0.1, 0.15) is 11.4 Å². The number of pyridine rings is 1. The molecule has 5 heteroatoms. The minimum Gasteiger partial charge on any atom is -0.478 e. The van der Waals surface area contributed by atoms with E-state index in [1.54, 1.807) is 12.1 Å². The first-order valence-corrected chi connectivity index (χ1v) is 7.26. The number of likely N-dealkylation sites (tertiary alicyclic amines) is 1. The lowest BCUT2D eigenvalue weighted by Gasteiger charge is -2.29. The van der Waals surface area contributed by atoms with Gasteiger partial charge in [0.15, 0.2) is 0 Å². The number of aromatic carboxylic acids is 1. The fourth-order valence-corrected chi connectivity index (χ4v) is 2.65. The second kappa shape index (κ2) is 6.70. The summed E-state index contributed by atoms with van der Waals surface area (Å²) in [5.41, 5.74) is 1.06. The van der Waals surface area contributed by atoms with E-state index in [2.05, 4.69) is 22.1 Å². The molecular weight excluding hydrogens is 254 g/mol. The third-order valence-electron chi connectivity index (χ3n) is 3.63. The Morgan fingerprint density at radius 3 is 2.75 bits per heavy atom. The molecule has 1 unspecified atom stereocenters. The fraction of sp³-hybridized carbons (Fsp3) is 0.600. The van der Waals surface area contributed by atoms with Gasteiger partial charge in [0.25, 0.3) is 0 Å². The summed E-state index contributed by atoms with van der Waals surface area (Å²) in [7, 11) is 0. The zero-order valence-corrected chi connectivity index (χ0v) is 12.2. The van der Waals surface area contributed by atoms with Crippen LogP contribution in [0.5, 0.6) is 0 Å². The summed E-state index contributed by atoms with van der Waals surface area (Å²) in [4.78, 5) is 18.0. The number of carbonyl (C=O) groups is 1. The third kappa shape index (κ3) is 3.93. The topological polar surface area (TPSA) is 65.5 Å². The van der Waals surface area contributed by atoms with Crippen molar-refractivity contribution in [1.82, 2.24) is 9.88 Å². The van der Waals surface area contributed by atoms with Crippen molar-refractivity contribution < 1.29 is 9.90 Å². The Bertz CT molecular complexity index is 470. The first-order chi connectivity index (χ1) is 9.56. The van der Waals surface area contributed by atoms with Crippen molar-refractivity contribution in [2.24, 2.45) is 0 Å². The molecule has 0 spiro atoms. The van der Waals surface area contributed by atoms with E-state index in [9.17, 15) is 9.90 Å². The van der Waals surface area contributed by atoms with Crippen LogP contribution in [0.25, 0.3) is 0 Å². The first-order valence-electron chi connectivity index (χ1n) is 7.26. The molecule has 20 heavy (non-hydrogen) atoms. The van der Waals surface area contributed by atoms with Crippen LogP contribution >= 0.6 is 0 Å². The summed E-state index contributed by atoms with van der Waals surface area (Å²) in [5.74, 6) is -0.466. The van der Waals surface area contributed by atoms with E-state index >= 15 is 0 Å². The number of piperidine rings is 1. The maximum absolute atomic E-state index is 11.2. The summed E-state index contributed by atoms with van der Waals surface area (Å²) in [5, 5.41) is 12.4. The minimum atomic E-state index is -0.940. The molecule has 110 valence electrons. The zero-order chi connectivity index (χ0) is 14.5. The van der Waals surface area contributed by atoms with Crippen molar-refractivity contribution in [2.75, 3.05) is 25.0 Å². The number of aryl methyl sites for hydroxylation is 1. The van der Waals surface area contributed by atoms with Crippen LogP contribution in [0.1, 0.15) is 42.2 Å². The smallest absolute Gasteiger partial charge is 0.339 e. The summed E-state index contributed by atoms with van der Waals surface area (Å²) >= 11 is 0. The molecule has 1 aliphatic rings. The van der Waals surface area contributed by atoms with Crippen molar-refractivity contribution >= 4 is 11.8 Å². The molecule has 2 heterocycles. The standard InChI is InChI=1S/C15H23N3O2/c1-11-6-7-13(15(19)20)14(16-11)17-12(2)10-18-8-4-3-5-9-18/h6-7,12H,3-5,8-10H2,1-2H3,(H,16,17)(H,19,20). The van der Waals surface area contributed by atoms with Crippen molar-refractivity contribution in [1.29, 1.82) is 0 Å². The SMILES string of the molecule is Cc1ccc(C(=O)O)c(NC(C)CN2CCCCC2)n1. The van der Waals surface area contributed by atoms with Crippen LogP contribution < -0.4 is 5.32 Å². The predicted octanol–water partition coefficient (Wildman–Crippen LogP) is 2.37. The number of nitrogens with one attached hydrogen (secondary N) is 1. The number of rotatable bonds is 5. The third-order valence-corrected chi connectivity index (χ3v) is 3.63. The molecule has 0 saturated carbocycles. The Morgan fingerprint density at radius 2 is 2.10 bits per heavy atom. The van der Waals surface area contributed by atoms with Crippen molar-refractivity contribution in [3.63, 3.8) is 0 Å². The highest BCUT2D eigenvalue weighted by atomic mass is 16.4. The van der Waals surface area contributed by atoms with E-state index in [1.807, 2.05) is 6.92 Å². The van der Waals surface area contributed by atoms with Crippen molar-refractivity contribution in [3.8, 4) is 0 Å². The molecule has 1 aromatic heterocycles. The average Bonchev–Trinajstić information content (AvgIpc) is 2.39. The van der Waals surface area contributed by atoms with Crippen LogP contribution in [0.2, 0.25) is 0 Å². The quantitative estimate of drug-likeness (QED) is 0.865. The second-order valence-corrected chi connectivity index (χ2v) is 5.56. The maximum atomic E-state index is 11.2. The van der Waals surface area contributed by atoms with Gasteiger partial charge in [-0.15, -0.1) is 0 Å². The van der Waals surface area contributed by atoms with E-state index in [0.717, 1.165) is 25.3 Å². The highest BCUT2D eigenvalue weighted by Gasteiger charge is 2.17. The molecule has 2 N–H and O–H groups in total. The van der Waals surface area contributed by atoms with Gasteiger partial charge in [-0.25, -0.2) is 9.78 Å². The summed E-state index contributed by atoms with van der Waals surface area (Å²) in [6.45, 7) is 7.14.